The summed E-state index contributed by atoms with van der Waals surface area (Å²) in [5, 5.41) is 14.1. The highest BCUT2D eigenvalue weighted by atomic mass is 35.5. The fourth-order valence-electron chi connectivity index (χ4n) is 2.17. The third-order valence-corrected chi connectivity index (χ3v) is 5.14. The minimum atomic E-state index is -0.454. The number of carbonyl (C=O) groups excluding carboxylic acids is 1. The average molecular weight is 365 g/mol. The number of nitro groups is 1. The molecule has 5 nitrogen and oxygen atoms in total. The van der Waals surface area contributed by atoms with Crippen molar-refractivity contribution < 1.29 is 9.72 Å². The number of hydrogen-bond donors (Lipinski definition) is 1. The summed E-state index contributed by atoms with van der Waals surface area (Å²) in [4.78, 5) is 24.0. The summed E-state index contributed by atoms with van der Waals surface area (Å²) in [6, 6.07) is 11.9. The Hall–Kier alpha value is -2.05. The van der Waals surface area contributed by atoms with Gasteiger partial charge in [-0.1, -0.05) is 24.6 Å². The van der Waals surface area contributed by atoms with E-state index in [1.54, 1.807) is 31.2 Å². The van der Waals surface area contributed by atoms with Crippen LogP contribution in [-0.2, 0) is 4.79 Å². The summed E-state index contributed by atoms with van der Waals surface area (Å²) in [7, 11) is 0. The zero-order valence-corrected chi connectivity index (χ0v) is 14.9. The minimum absolute atomic E-state index is 0.00815. The van der Waals surface area contributed by atoms with Crippen LogP contribution in [0.2, 0.25) is 5.02 Å². The molecule has 1 unspecified atom stereocenters. The van der Waals surface area contributed by atoms with Crippen molar-refractivity contribution in [2.45, 2.75) is 30.4 Å². The molecule has 0 aliphatic heterocycles. The first-order valence-electron chi connectivity index (χ1n) is 7.39. The molecule has 0 bridgehead atoms. The lowest BCUT2D eigenvalue weighted by Gasteiger charge is -2.16. The van der Waals surface area contributed by atoms with E-state index >= 15 is 0 Å². The van der Waals surface area contributed by atoms with E-state index in [-0.39, 0.29) is 16.8 Å². The van der Waals surface area contributed by atoms with Crippen molar-refractivity contribution in [3.8, 4) is 0 Å². The topological polar surface area (TPSA) is 72.2 Å². The Morgan fingerprint density at radius 2 is 1.96 bits per heavy atom. The van der Waals surface area contributed by atoms with Gasteiger partial charge in [0.15, 0.2) is 0 Å². The van der Waals surface area contributed by atoms with E-state index in [0.717, 1.165) is 4.90 Å². The quantitative estimate of drug-likeness (QED) is 0.441. The van der Waals surface area contributed by atoms with Crippen LogP contribution in [-0.4, -0.2) is 16.1 Å². The van der Waals surface area contributed by atoms with Crippen LogP contribution in [0.1, 0.15) is 18.9 Å². The van der Waals surface area contributed by atoms with Crippen molar-refractivity contribution in [2.24, 2.45) is 0 Å². The number of amides is 1. The number of anilines is 1. The van der Waals surface area contributed by atoms with E-state index in [4.69, 9.17) is 11.6 Å². The Morgan fingerprint density at radius 3 is 2.54 bits per heavy atom. The van der Waals surface area contributed by atoms with E-state index < -0.39 is 4.92 Å². The Morgan fingerprint density at radius 1 is 1.29 bits per heavy atom. The molecule has 1 N–H and O–H groups in total. The second-order valence-electron chi connectivity index (χ2n) is 5.16. The molecule has 2 aromatic rings. The first-order valence-corrected chi connectivity index (χ1v) is 8.65. The molecule has 0 fully saturated rings. The van der Waals surface area contributed by atoms with Crippen molar-refractivity contribution in [3.05, 3.63) is 63.2 Å². The van der Waals surface area contributed by atoms with Crippen molar-refractivity contribution in [1.82, 2.24) is 0 Å². The summed E-state index contributed by atoms with van der Waals surface area (Å²) < 4.78 is 0. The molecule has 0 aliphatic rings. The van der Waals surface area contributed by atoms with E-state index in [1.165, 1.54) is 17.8 Å². The summed E-state index contributed by atoms with van der Waals surface area (Å²) in [6.07, 6.45) is 0.632. The Bertz CT molecular complexity index is 750. The molecule has 1 atom stereocenters. The number of carbonyl (C=O) groups is 1. The zero-order valence-electron chi connectivity index (χ0n) is 13.3. The second-order valence-corrected chi connectivity index (χ2v) is 6.88. The van der Waals surface area contributed by atoms with Crippen LogP contribution in [0.4, 0.5) is 11.4 Å². The van der Waals surface area contributed by atoms with Gasteiger partial charge in [-0.15, -0.1) is 11.8 Å². The van der Waals surface area contributed by atoms with Crippen LogP contribution < -0.4 is 5.32 Å². The van der Waals surface area contributed by atoms with Crippen LogP contribution in [0, 0.1) is 17.0 Å². The molecule has 0 saturated carbocycles. The Balaban J connectivity index is 2.13. The molecule has 0 spiro atoms. The molecule has 0 aliphatic carbocycles. The van der Waals surface area contributed by atoms with Gasteiger partial charge in [-0.2, -0.15) is 0 Å². The highest BCUT2D eigenvalue weighted by Gasteiger charge is 2.20. The number of nitrogens with zero attached hydrogens (tertiary/aromatic N) is 1. The molecule has 1 amide bonds. The summed E-state index contributed by atoms with van der Waals surface area (Å²) in [5.74, 6) is -0.180. The first-order chi connectivity index (χ1) is 11.4. The molecule has 0 saturated heterocycles. The lowest BCUT2D eigenvalue weighted by molar-refractivity contribution is -0.385. The van der Waals surface area contributed by atoms with Crippen LogP contribution in [0.15, 0.2) is 47.4 Å². The predicted octanol–water partition coefficient (Wildman–Crippen LogP) is 5.07. The van der Waals surface area contributed by atoms with Crippen molar-refractivity contribution in [2.75, 3.05) is 5.32 Å². The van der Waals surface area contributed by atoms with E-state index in [0.29, 0.717) is 22.7 Å². The maximum absolute atomic E-state index is 12.5. The number of rotatable bonds is 6. The zero-order chi connectivity index (χ0) is 17.7. The van der Waals surface area contributed by atoms with Gasteiger partial charge in [-0.25, -0.2) is 0 Å². The average Bonchev–Trinajstić information content (AvgIpc) is 2.55. The molecular weight excluding hydrogens is 348 g/mol. The largest absolute Gasteiger partial charge is 0.325 e. The molecule has 0 aromatic heterocycles. The van der Waals surface area contributed by atoms with Crippen molar-refractivity contribution >= 4 is 40.6 Å². The fourth-order valence-corrected chi connectivity index (χ4v) is 3.25. The SMILES string of the molecule is CCC(Sc1ccc(Cl)cc1)C(=O)Nc1cccc([N+](=O)[O-])c1C. The number of hydrogen-bond acceptors (Lipinski definition) is 4. The Labute approximate surface area is 149 Å². The number of thioether (sulfide) groups is 1. The molecule has 2 rings (SSSR count). The van der Waals surface area contributed by atoms with Gasteiger partial charge in [-0.05, 0) is 43.7 Å². The summed E-state index contributed by atoms with van der Waals surface area (Å²) in [5.41, 5.74) is 0.901. The highest BCUT2D eigenvalue weighted by molar-refractivity contribution is 8.00. The molecule has 7 heteroatoms. The van der Waals surface area contributed by atoms with Crippen LogP contribution in [0.25, 0.3) is 0 Å². The van der Waals surface area contributed by atoms with Gasteiger partial charge >= 0.3 is 0 Å². The number of nitrogens with one attached hydrogen (secondary N) is 1. The van der Waals surface area contributed by atoms with Gasteiger partial charge < -0.3 is 5.32 Å². The smallest absolute Gasteiger partial charge is 0.274 e. The standard InChI is InChI=1S/C17H17ClN2O3S/c1-3-16(24-13-9-7-12(18)8-10-13)17(21)19-14-5-4-6-15(11(14)2)20(22)23/h4-10,16H,3H2,1-2H3,(H,19,21). The summed E-state index contributed by atoms with van der Waals surface area (Å²) in [6.45, 7) is 3.55. The van der Waals surface area contributed by atoms with Gasteiger partial charge in [0.1, 0.15) is 0 Å². The highest BCUT2D eigenvalue weighted by Crippen LogP contribution is 2.29. The first kappa shape index (κ1) is 18.3. The van der Waals surface area contributed by atoms with Crippen LogP contribution >= 0.6 is 23.4 Å². The molecule has 126 valence electrons. The predicted molar refractivity (Wildman–Crippen MR) is 97.9 cm³/mol. The summed E-state index contributed by atoms with van der Waals surface area (Å²) >= 11 is 7.30. The van der Waals surface area contributed by atoms with Gasteiger partial charge in [0.05, 0.1) is 21.4 Å². The van der Waals surface area contributed by atoms with Crippen LogP contribution in [0.5, 0.6) is 0 Å². The number of benzene rings is 2. The minimum Gasteiger partial charge on any atom is -0.325 e. The van der Waals surface area contributed by atoms with Gasteiger partial charge in [0, 0.05) is 16.0 Å². The van der Waals surface area contributed by atoms with Gasteiger partial charge in [0.25, 0.3) is 5.69 Å². The van der Waals surface area contributed by atoms with Crippen LogP contribution in [0.3, 0.4) is 0 Å². The van der Waals surface area contributed by atoms with Gasteiger partial charge in [0.2, 0.25) is 5.91 Å². The van der Waals surface area contributed by atoms with Crippen molar-refractivity contribution in [3.63, 3.8) is 0 Å². The molecule has 0 heterocycles. The van der Waals surface area contributed by atoms with E-state index in [9.17, 15) is 14.9 Å². The van der Waals surface area contributed by atoms with E-state index in [1.807, 2.05) is 19.1 Å². The lowest BCUT2D eigenvalue weighted by Crippen LogP contribution is -2.25. The molecule has 0 radical (unpaired) electrons. The normalized spacial score (nSPS) is 11.8. The van der Waals surface area contributed by atoms with Gasteiger partial charge in [-0.3, -0.25) is 14.9 Å². The molecular formula is C17H17ClN2O3S. The van der Waals surface area contributed by atoms with E-state index in [2.05, 4.69) is 5.32 Å². The number of halogens is 1. The lowest BCUT2D eigenvalue weighted by atomic mass is 10.1. The van der Waals surface area contributed by atoms with Crippen molar-refractivity contribution in [1.29, 1.82) is 0 Å². The Kier molecular flexibility index (Phi) is 6.23. The third-order valence-electron chi connectivity index (χ3n) is 3.51. The maximum atomic E-state index is 12.5. The maximum Gasteiger partial charge on any atom is 0.274 e. The monoisotopic (exact) mass is 364 g/mol. The third kappa shape index (κ3) is 4.49. The molecule has 2 aromatic carbocycles. The second kappa shape index (κ2) is 8.17. The molecule has 24 heavy (non-hydrogen) atoms. The number of nitro benzene ring substituents is 1. The fraction of sp³-hybridized carbons (Fsp3) is 0.235.